The lowest BCUT2D eigenvalue weighted by atomic mass is 9.89. The van der Waals surface area contributed by atoms with E-state index in [1.807, 2.05) is 26.0 Å². The summed E-state index contributed by atoms with van der Waals surface area (Å²) in [6, 6.07) is 3.84. The molecule has 1 fully saturated rings. The highest BCUT2D eigenvalue weighted by molar-refractivity contribution is 5.99. The number of hydrogen-bond donors (Lipinski definition) is 1. The summed E-state index contributed by atoms with van der Waals surface area (Å²) in [5.41, 5.74) is 8.83. The van der Waals surface area contributed by atoms with Crippen molar-refractivity contribution in [2.45, 2.75) is 51.5 Å². The summed E-state index contributed by atoms with van der Waals surface area (Å²) in [7, 11) is 1.62. The van der Waals surface area contributed by atoms with Crippen molar-refractivity contribution >= 4 is 5.78 Å². The van der Waals surface area contributed by atoms with E-state index in [-0.39, 0.29) is 11.3 Å². The smallest absolute Gasteiger partial charge is 0.168 e. The minimum Gasteiger partial charge on any atom is -0.496 e. The zero-order valence-corrected chi connectivity index (χ0v) is 12.1. The largest absolute Gasteiger partial charge is 0.496 e. The van der Waals surface area contributed by atoms with Gasteiger partial charge in [-0.05, 0) is 43.9 Å². The van der Waals surface area contributed by atoms with Crippen LogP contribution < -0.4 is 10.5 Å². The number of carbonyl (C=O) groups excluding carboxylic acids is 1. The number of rotatable bonds is 4. The van der Waals surface area contributed by atoms with E-state index in [1.165, 1.54) is 0 Å². The van der Waals surface area contributed by atoms with Gasteiger partial charge in [-0.15, -0.1) is 0 Å². The van der Waals surface area contributed by atoms with Crippen LogP contribution in [0.3, 0.4) is 0 Å². The topological polar surface area (TPSA) is 52.3 Å². The summed E-state index contributed by atoms with van der Waals surface area (Å²) in [4.78, 5) is 12.5. The summed E-state index contributed by atoms with van der Waals surface area (Å²) >= 11 is 0. The van der Waals surface area contributed by atoms with Crippen molar-refractivity contribution in [3.63, 3.8) is 0 Å². The highest BCUT2D eigenvalue weighted by atomic mass is 16.5. The van der Waals surface area contributed by atoms with Crippen molar-refractivity contribution in [2.24, 2.45) is 5.73 Å². The van der Waals surface area contributed by atoms with Crippen molar-refractivity contribution in [1.29, 1.82) is 0 Å². The van der Waals surface area contributed by atoms with E-state index >= 15 is 0 Å². The standard InChI is InChI=1S/C16H23NO2/c1-11-6-7-13(15(19-3)12(11)2)14(18)10-16(17)8-4-5-9-16/h6-7H,4-5,8-10,17H2,1-3H3. The zero-order chi connectivity index (χ0) is 14.0. The van der Waals surface area contributed by atoms with Gasteiger partial charge in [0.25, 0.3) is 0 Å². The summed E-state index contributed by atoms with van der Waals surface area (Å²) in [6.07, 6.45) is 4.59. The van der Waals surface area contributed by atoms with E-state index in [2.05, 4.69) is 0 Å². The van der Waals surface area contributed by atoms with Gasteiger partial charge >= 0.3 is 0 Å². The number of aryl methyl sites for hydroxylation is 1. The van der Waals surface area contributed by atoms with Crippen molar-refractivity contribution < 1.29 is 9.53 Å². The molecule has 0 aromatic heterocycles. The molecule has 1 aliphatic carbocycles. The van der Waals surface area contributed by atoms with E-state index < -0.39 is 0 Å². The third-order valence-corrected chi connectivity index (χ3v) is 4.29. The van der Waals surface area contributed by atoms with Crippen LogP contribution in [0.25, 0.3) is 0 Å². The molecule has 2 rings (SSSR count). The maximum atomic E-state index is 12.5. The van der Waals surface area contributed by atoms with Crippen LogP contribution in [0.15, 0.2) is 12.1 Å². The molecule has 0 atom stereocenters. The van der Waals surface area contributed by atoms with Crippen LogP contribution in [0, 0.1) is 13.8 Å². The Hall–Kier alpha value is -1.35. The van der Waals surface area contributed by atoms with Crippen LogP contribution in [0.2, 0.25) is 0 Å². The minimum atomic E-state index is -0.305. The van der Waals surface area contributed by atoms with Gasteiger partial charge in [-0.3, -0.25) is 4.79 Å². The zero-order valence-electron chi connectivity index (χ0n) is 12.1. The molecular weight excluding hydrogens is 238 g/mol. The molecule has 0 aliphatic heterocycles. The van der Waals surface area contributed by atoms with Gasteiger partial charge < -0.3 is 10.5 Å². The summed E-state index contributed by atoms with van der Waals surface area (Å²) in [5, 5.41) is 0. The Bertz CT molecular complexity index is 488. The fraction of sp³-hybridized carbons (Fsp3) is 0.562. The molecule has 1 saturated carbocycles. The maximum absolute atomic E-state index is 12.5. The number of ketones is 1. The van der Waals surface area contributed by atoms with Gasteiger partial charge in [0.15, 0.2) is 5.78 Å². The normalized spacial score (nSPS) is 17.5. The number of carbonyl (C=O) groups is 1. The monoisotopic (exact) mass is 261 g/mol. The van der Waals surface area contributed by atoms with Gasteiger partial charge in [0.2, 0.25) is 0 Å². The Labute approximate surface area is 115 Å². The van der Waals surface area contributed by atoms with Gasteiger partial charge in [0.1, 0.15) is 5.75 Å². The molecule has 0 heterocycles. The lowest BCUT2D eigenvalue weighted by Gasteiger charge is -2.23. The van der Waals surface area contributed by atoms with Gasteiger partial charge in [0, 0.05) is 12.0 Å². The molecule has 3 heteroatoms. The van der Waals surface area contributed by atoms with Gasteiger partial charge in [-0.25, -0.2) is 0 Å². The molecule has 104 valence electrons. The molecule has 19 heavy (non-hydrogen) atoms. The first-order chi connectivity index (χ1) is 8.97. The first-order valence-corrected chi connectivity index (χ1v) is 6.93. The molecule has 0 spiro atoms. The fourth-order valence-corrected chi connectivity index (χ4v) is 2.94. The molecular formula is C16H23NO2. The van der Waals surface area contributed by atoms with E-state index in [9.17, 15) is 4.79 Å². The number of Topliss-reactive ketones (excluding diaryl/α,β-unsaturated/α-hetero) is 1. The maximum Gasteiger partial charge on any atom is 0.168 e. The summed E-state index contributed by atoms with van der Waals surface area (Å²) in [6.45, 7) is 4.01. The first-order valence-electron chi connectivity index (χ1n) is 6.93. The number of nitrogens with two attached hydrogens (primary N) is 1. The van der Waals surface area contributed by atoms with E-state index in [0.29, 0.717) is 17.7 Å². The second-order valence-electron chi connectivity index (χ2n) is 5.76. The summed E-state index contributed by atoms with van der Waals surface area (Å²) in [5.74, 6) is 0.802. The van der Waals surface area contributed by atoms with Crippen LogP contribution in [0.1, 0.15) is 53.6 Å². The fourth-order valence-electron chi connectivity index (χ4n) is 2.94. The minimum absolute atomic E-state index is 0.101. The first kappa shape index (κ1) is 14.1. The average molecular weight is 261 g/mol. The number of benzene rings is 1. The van der Waals surface area contributed by atoms with Crippen LogP contribution in [0.4, 0.5) is 0 Å². The van der Waals surface area contributed by atoms with Crippen molar-refractivity contribution in [1.82, 2.24) is 0 Å². The third-order valence-electron chi connectivity index (χ3n) is 4.29. The molecule has 0 bridgehead atoms. The van der Waals surface area contributed by atoms with Gasteiger partial charge in [-0.1, -0.05) is 18.9 Å². The Balaban J connectivity index is 2.26. The average Bonchev–Trinajstić information content (AvgIpc) is 2.78. The lowest BCUT2D eigenvalue weighted by molar-refractivity contribution is 0.0949. The van der Waals surface area contributed by atoms with E-state index in [4.69, 9.17) is 10.5 Å². The van der Waals surface area contributed by atoms with Crippen LogP contribution in [-0.2, 0) is 0 Å². The lowest BCUT2D eigenvalue weighted by Crippen LogP contribution is -2.38. The molecule has 3 nitrogen and oxygen atoms in total. The third kappa shape index (κ3) is 2.81. The molecule has 0 amide bonds. The van der Waals surface area contributed by atoms with Crippen LogP contribution in [-0.4, -0.2) is 18.4 Å². The molecule has 0 unspecified atom stereocenters. The van der Waals surface area contributed by atoms with Crippen molar-refractivity contribution in [3.8, 4) is 5.75 Å². The Morgan fingerprint density at radius 1 is 1.32 bits per heavy atom. The van der Waals surface area contributed by atoms with Gasteiger partial charge in [0.05, 0.1) is 12.7 Å². The molecule has 1 aromatic carbocycles. The van der Waals surface area contributed by atoms with Crippen molar-refractivity contribution in [3.05, 3.63) is 28.8 Å². The Morgan fingerprint density at radius 3 is 2.53 bits per heavy atom. The van der Waals surface area contributed by atoms with Crippen LogP contribution >= 0.6 is 0 Å². The highest BCUT2D eigenvalue weighted by Crippen LogP contribution is 2.33. The highest BCUT2D eigenvalue weighted by Gasteiger charge is 2.32. The van der Waals surface area contributed by atoms with Crippen molar-refractivity contribution in [2.75, 3.05) is 7.11 Å². The van der Waals surface area contributed by atoms with Gasteiger partial charge in [-0.2, -0.15) is 0 Å². The number of methoxy groups -OCH3 is 1. The number of ether oxygens (including phenoxy) is 1. The molecule has 1 aromatic rings. The Morgan fingerprint density at radius 2 is 1.95 bits per heavy atom. The molecule has 0 saturated heterocycles. The molecule has 1 aliphatic rings. The predicted molar refractivity (Wildman–Crippen MR) is 76.8 cm³/mol. The van der Waals surface area contributed by atoms with E-state index in [0.717, 1.165) is 36.8 Å². The second kappa shape index (κ2) is 5.33. The summed E-state index contributed by atoms with van der Waals surface area (Å²) < 4.78 is 5.41. The SMILES string of the molecule is COc1c(C(=O)CC2(N)CCCC2)ccc(C)c1C. The molecule has 2 N–H and O–H groups in total. The quantitative estimate of drug-likeness (QED) is 0.847. The Kier molecular flexibility index (Phi) is 3.95. The predicted octanol–water partition coefficient (Wildman–Crippen LogP) is 3.16. The number of hydrogen-bond acceptors (Lipinski definition) is 3. The van der Waals surface area contributed by atoms with E-state index in [1.54, 1.807) is 7.11 Å². The van der Waals surface area contributed by atoms with Crippen LogP contribution in [0.5, 0.6) is 5.75 Å². The molecule has 0 radical (unpaired) electrons. The second-order valence-corrected chi connectivity index (χ2v) is 5.76.